The van der Waals surface area contributed by atoms with Crippen LogP contribution >= 0.6 is 0 Å². The molecule has 0 aliphatic heterocycles. The second kappa shape index (κ2) is 3.91. The van der Waals surface area contributed by atoms with E-state index in [2.05, 4.69) is 24.9 Å². The molecule has 1 aliphatic rings. The SMILES string of the molecule is C=CC1(NCC)CCCCC1. The van der Waals surface area contributed by atoms with Crippen LogP contribution in [0.5, 0.6) is 0 Å². The van der Waals surface area contributed by atoms with Gasteiger partial charge in [0.2, 0.25) is 0 Å². The molecule has 0 amide bonds. The summed E-state index contributed by atoms with van der Waals surface area (Å²) in [6.07, 6.45) is 8.80. The first kappa shape index (κ1) is 8.79. The van der Waals surface area contributed by atoms with Crippen molar-refractivity contribution in [3.05, 3.63) is 12.7 Å². The molecule has 0 aromatic rings. The quantitative estimate of drug-likeness (QED) is 0.614. The Bertz CT molecular complexity index is 117. The van der Waals surface area contributed by atoms with E-state index < -0.39 is 0 Å². The van der Waals surface area contributed by atoms with E-state index in [0.717, 1.165) is 6.54 Å². The Kier molecular flexibility index (Phi) is 3.13. The molecule has 0 aromatic carbocycles. The van der Waals surface area contributed by atoms with Gasteiger partial charge in [-0.05, 0) is 19.4 Å². The van der Waals surface area contributed by atoms with Crippen LogP contribution in [-0.2, 0) is 0 Å². The number of likely N-dealkylation sites (N-methyl/N-ethyl adjacent to an activating group) is 1. The summed E-state index contributed by atoms with van der Waals surface area (Å²) in [5.41, 5.74) is 0.285. The molecule has 0 heterocycles. The fourth-order valence-corrected chi connectivity index (χ4v) is 1.99. The van der Waals surface area contributed by atoms with Crippen molar-refractivity contribution < 1.29 is 0 Å². The van der Waals surface area contributed by atoms with E-state index in [1.807, 2.05) is 0 Å². The zero-order valence-corrected chi connectivity index (χ0v) is 7.53. The first-order valence-corrected chi connectivity index (χ1v) is 4.71. The van der Waals surface area contributed by atoms with Crippen molar-refractivity contribution in [2.24, 2.45) is 0 Å². The highest BCUT2D eigenvalue weighted by Gasteiger charge is 2.26. The lowest BCUT2D eigenvalue weighted by Gasteiger charge is -2.35. The lowest BCUT2D eigenvalue weighted by molar-refractivity contribution is 0.295. The maximum atomic E-state index is 3.91. The molecule has 0 atom stereocenters. The number of nitrogens with one attached hydrogen (secondary N) is 1. The third kappa shape index (κ3) is 2.06. The third-order valence-electron chi connectivity index (χ3n) is 2.67. The predicted octanol–water partition coefficient (Wildman–Crippen LogP) is 2.48. The van der Waals surface area contributed by atoms with Crippen LogP contribution in [0.4, 0.5) is 0 Å². The van der Waals surface area contributed by atoms with Gasteiger partial charge in [-0.25, -0.2) is 0 Å². The molecule has 1 heteroatoms. The first-order valence-electron chi connectivity index (χ1n) is 4.71. The highest BCUT2D eigenvalue weighted by Crippen LogP contribution is 2.28. The highest BCUT2D eigenvalue weighted by molar-refractivity contribution is 5.03. The first-order chi connectivity index (χ1) is 5.33. The molecule has 0 aromatic heterocycles. The number of rotatable bonds is 3. The summed E-state index contributed by atoms with van der Waals surface area (Å²) in [6, 6.07) is 0. The smallest absolute Gasteiger partial charge is 0.0361 e. The molecule has 1 saturated carbocycles. The van der Waals surface area contributed by atoms with Crippen LogP contribution in [0.3, 0.4) is 0 Å². The summed E-state index contributed by atoms with van der Waals surface area (Å²) >= 11 is 0. The molecule has 0 bridgehead atoms. The molecule has 11 heavy (non-hydrogen) atoms. The second-order valence-electron chi connectivity index (χ2n) is 3.45. The van der Waals surface area contributed by atoms with Gasteiger partial charge in [-0.3, -0.25) is 0 Å². The van der Waals surface area contributed by atoms with Crippen LogP contribution < -0.4 is 5.32 Å². The highest BCUT2D eigenvalue weighted by atomic mass is 15.0. The van der Waals surface area contributed by atoms with Gasteiger partial charge in [0.05, 0.1) is 0 Å². The third-order valence-corrected chi connectivity index (χ3v) is 2.67. The van der Waals surface area contributed by atoms with E-state index in [-0.39, 0.29) is 5.54 Å². The Hall–Kier alpha value is -0.300. The normalized spacial score (nSPS) is 23.0. The minimum absolute atomic E-state index is 0.285. The molecule has 0 saturated heterocycles. The van der Waals surface area contributed by atoms with Gasteiger partial charge in [-0.1, -0.05) is 32.3 Å². The molecule has 0 radical (unpaired) electrons. The molecule has 1 N–H and O–H groups in total. The van der Waals surface area contributed by atoms with E-state index >= 15 is 0 Å². The van der Waals surface area contributed by atoms with Gasteiger partial charge in [0.1, 0.15) is 0 Å². The zero-order valence-electron chi connectivity index (χ0n) is 7.53. The van der Waals surface area contributed by atoms with Gasteiger partial charge in [0.25, 0.3) is 0 Å². The second-order valence-corrected chi connectivity index (χ2v) is 3.45. The lowest BCUT2D eigenvalue weighted by atomic mass is 9.82. The van der Waals surface area contributed by atoms with Crippen LogP contribution in [0.2, 0.25) is 0 Å². The summed E-state index contributed by atoms with van der Waals surface area (Å²) in [7, 11) is 0. The van der Waals surface area contributed by atoms with E-state index in [1.165, 1.54) is 32.1 Å². The monoisotopic (exact) mass is 153 g/mol. The van der Waals surface area contributed by atoms with Crippen LogP contribution in [0.25, 0.3) is 0 Å². The minimum Gasteiger partial charge on any atom is -0.308 e. The average molecular weight is 153 g/mol. The van der Waals surface area contributed by atoms with Gasteiger partial charge in [0.15, 0.2) is 0 Å². The average Bonchev–Trinajstić information content (AvgIpc) is 2.07. The van der Waals surface area contributed by atoms with Crippen molar-refractivity contribution in [2.45, 2.75) is 44.6 Å². The van der Waals surface area contributed by atoms with Crippen molar-refractivity contribution in [3.8, 4) is 0 Å². The maximum Gasteiger partial charge on any atom is 0.0361 e. The Labute approximate surface area is 69.9 Å². The van der Waals surface area contributed by atoms with E-state index in [4.69, 9.17) is 0 Å². The predicted molar refractivity (Wildman–Crippen MR) is 49.7 cm³/mol. The summed E-state index contributed by atoms with van der Waals surface area (Å²) in [6.45, 7) is 7.14. The van der Waals surface area contributed by atoms with Crippen LogP contribution in [0.1, 0.15) is 39.0 Å². The summed E-state index contributed by atoms with van der Waals surface area (Å²) in [5, 5.41) is 3.53. The van der Waals surface area contributed by atoms with Crippen LogP contribution in [0.15, 0.2) is 12.7 Å². The van der Waals surface area contributed by atoms with Crippen molar-refractivity contribution in [1.82, 2.24) is 5.32 Å². The fourth-order valence-electron chi connectivity index (χ4n) is 1.99. The molecule has 0 unspecified atom stereocenters. The van der Waals surface area contributed by atoms with Gasteiger partial charge in [-0.15, -0.1) is 6.58 Å². The summed E-state index contributed by atoms with van der Waals surface area (Å²) in [5.74, 6) is 0. The van der Waals surface area contributed by atoms with Crippen molar-refractivity contribution >= 4 is 0 Å². The molecular weight excluding hydrogens is 134 g/mol. The standard InChI is InChI=1S/C10H19N/c1-3-10(11-4-2)8-6-5-7-9-10/h3,11H,1,4-9H2,2H3. The Balaban J connectivity index is 2.49. The topological polar surface area (TPSA) is 12.0 Å². The summed E-state index contributed by atoms with van der Waals surface area (Å²) in [4.78, 5) is 0. The fraction of sp³-hybridized carbons (Fsp3) is 0.800. The van der Waals surface area contributed by atoms with E-state index in [1.54, 1.807) is 0 Å². The van der Waals surface area contributed by atoms with Crippen molar-refractivity contribution in [2.75, 3.05) is 6.54 Å². The molecule has 0 spiro atoms. The van der Waals surface area contributed by atoms with Crippen LogP contribution in [-0.4, -0.2) is 12.1 Å². The molecular formula is C10H19N. The van der Waals surface area contributed by atoms with Gasteiger partial charge in [0, 0.05) is 5.54 Å². The largest absolute Gasteiger partial charge is 0.308 e. The minimum atomic E-state index is 0.285. The Morgan fingerprint density at radius 2 is 2.00 bits per heavy atom. The van der Waals surface area contributed by atoms with Crippen molar-refractivity contribution in [3.63, 3.8) is 0 Å². The molecule has 1 rings (SSSR count). The summed E-state index contributed by atoms with van der Waals surface area (Å²) < 4.78 is 0. The van der Waals surface area contributed by atoms with E-state index in [0.29, 0.717) is 0 Å². The molecule has 1 aliphatic carbocycles. The maximum absolute atomic E-state index is 3.91. The van der Waals surface area contributed by atoms with Gasteiger partial charge in [-0.2, -0.15) is 0 Å². The molecule has 64 valence electrons. The Morgan fingerprint density at radius 3 is 2.45 bits per heavy atom. The number of hydrogen-bond acceptors (Lipinski definition) is 1. The lowest BCUT2D eigenvalue weighted by Crippen LogP contribution is -2.44. The van der Waals surface area contributed by atoms with Gasteiger partial charge >= 0.3 is 0 Å². The van der Waals surface area contributed by atoms with E-state index in [9.17, 15) is 0 Å². The molecule has 1 fully saturated rings. The molecule has 1 nitrogen and oxygen atoms in total. The van der Waals surface area contributed by atoms with Crippen LogP contribution in [0, 0.1) is 0 Å². The Morgan fingerprint density at radius 1 is 1.36 bits per heavy atom. The van der Waals surface area contributed by atoms with Crippen molar-refractivity contribution in [1.29, 1.82) is 0 Å². The zero-order chi connectivity index (χ0) is 8.16. The number of hydrogen-bond donors (Lipinski definition) is 1. The van der Waals surface area contributed by atoms with Gasteiger partial charge < -0.3 is 5.32 Å².